The van der Waals surface area contributed by atoms with Crippen LogP contribution in [-0.2, 0) is 14.3 Å². The monoisotopic (exact) mass is 242 g/mol. The Morgan fingerprint density at radius 2 is 2.06 bits per heavy atom. The van der Waals surface area contributed by atoms with Crippen LogP contribution in [0.4, 0.5) is 0 Å². The SMILES string of the molecule is CC(COC1CCOCC1)(NC1CC1)C(N)=O. The van der Waals surface area contributed by atoms with Crippen molar-refractivity contribution in [1.29, 1.82) is 0 Å². The van der Waals surface area contributed by atoms with E-state index in [2.05, 4.69) is 5.32 Å². The fraction of sp³-hybridized carbons (Fsp3) is 0.917. The minimum atomic E-state index is -0.737. The molecule has 0 spiro atoms. The molecule has 98 valence electrons. The summed E-state index contributed by atoms with van der Waals surface area (Å²) in [5, 5.41) is 3.28. The lowest BCUT2D eigenvalue weighted by Crippen LogP contribution is -2.57. The van der Waals surface area contributed by atoms with Crippen LogP contribution in [0.5, 0.6) is 0 Å². The van der Waals surface area contributed by atoms with Crippen LogP contribution in [0.1, 0.15) is 32.6 Å². The smallest absolute Gasteiger partial charge is 0.239 e. The largest absolute Gasteiger partial charge is 0.381 e. The zero-order chi connectivity index (χ0) is 12.3. The Morgan fingerprint density at radius 3 is 2.59 bits per heavy atom. The molecular formula is C12H22N2O3. The summed E-state index contributed by atoms with van der Waals surface area (Å²) in [4.78, 5) is 11.5. The Labute approximate surface area is 102 Å². The molecule has 5 nitrogen and oxygen atoms in total. The number of ether oxygens (including phenoxy) is 2. The third-order valence-corrected chi connectivity index (χ3v) is 3.42. The number of carbonyl (C=O) groups excluding carboxylic acids is 1. The van der Waals surface area contributed by atoms with Crippen molar-refractivity contribution in [3.63, 3.8) is 0 Å². The Morgan fingerprint density at radius 1 is 1.41 bits per heavy atom. The molecule has 1 saturated carbocycles. The maximum absolute atomic E-state index is 11.5. The van der Waals surface area contributed by atoms with E-state index < -0.39 is 5.54 Å². The van der Waals surface area contributed by atoms with Gasteiger partial charge in [-0.3, -0.25) is 10.1 Å². The van der Waals surface area contributed by atoms with E-state index in [1.54, 1.807) is 0 Å². The normalized spacial score (nSPS) is 25.5. The molecule has 3 N–H and O–H groups in total. The predicted octanol–water partition coefficient (Wildman–Crippen LogP) is 0.178. The second-order valence-corrected chi connectivity index (χ2v) is 5.24. The van der Waals surface area contributed by atoms with Gasteiger partial charge in [-0.15, -0.1) is 0 Å². The Balaban J connectivity index is 1.81. The molecule has 1 heterocycles. The van der Waals surface area contributed by atoms with Crippen molar-refractivity contribution >= 4 is 5.91 Å². The van der Waals surface area contributed by atoms with Crippen molar-refractivity contribution in [2.75, 3.05) is 19.8 Å². The molecule has 5 heteroatoms. The van der Waals surface area contributed by atoms with Gasteiger partial charge in [-0.2, -0.15) is 0 Å². The molecule has 0 aromatic heterocycles. The quantitative estimate of drug-likeness (QED) is 0.697. The van der Waals surface area contributed by atoms with Gasteiger partial charge in [-0.25, -0.2) is 0 Å². The third-order valence-electron chi connectivity index (χ3n) is 3.42. The number of carbonyl (C=O) groups is 1. The molecule has 0 bridgehead atoms. The van der Waals surface area contributed by atoms with Crippen molar-refractivity contribution in [2.24, 2.45) is 5.73 Å². The summed E-state index contributed by atoms with van der Waals surface area (Å²) >= 11 is 0. The second-order valence-electron chi connectivity index (χ2n) is 5.24. The predicted molar refractivity (Wildman–Crippen MR) is 63.6 cm³/mol. The summed E-state index contributed by atoms with van der Waals surface area (Å²) in [6.07, 6.45) is 4.25. The van der Waals surface area contributed by atoms with Crippen molar-refractivity contribution in [3.8, 4) is 0 Å². The lowest BCUT2D eigenvalue weighted by Gasteiger charge is -2.31. The summed E-state index contributed by atoms with van der Waals surface area (Å²) < 4.78 is 11.1. The zero-order valence-electron chi connectivity index (χ0n) is 10.4. The Hall–Kier alpha value is -0.650. The van der Waals surface area contributed by atoms with E-state index in [9.17, 15) is 4.79 Å². The number of nitrogens with one attached hydrogen (secondary N) is 1. The summed E-state index contributed by atoms with van der Waals surface area (Å²) in [5.41, 5.74) is 4.72. The van der Waals surface area contributed by atoms with Gasteiger partial charge in [-0.1, -0.05) is 0 Å². The summed E-state index contributed by atoms with van der Waals surface area (Å²) in [6, 6.07) is 0.436. The number of primary amides is 1. The maximum Gasteiger partial charge on any atom is 0.239 e. The van der Waals surface area contributed by atoms with Gasteiger partial charge in [0.05, 0.1) is 12.7 Å². The molecule has 0 radical (unpaired) electrons. The molecule has 2 rings (SSSR count). The standard InChI is InChI=1S/C12H22N2O3/c1-12(11(13)15,14-9-2-3-9)8-17-10-4-6-16-7-5-10/h9-10,14H,2-8H2,1H3,(H2,13,15). The van der Waals surface area contributed by atoms with E-state index in [-0.39, 0.29) is 12.0 Å². The average molecular weight is 242 g/mol. The molecule has 0 aromatic carbocycles. The van der Waals surface area contributed by atoms with Crippen LogP contribution >= 0.6 is 0 Å². The molecule has 1 saturated heterocycles. The minimum Gasteiger partial charge on any atom is -0.381 e. The number of nitrogens with two attached hydrogens (primary N) is 1. The second kappa shape index (κ2) is 5.33. The lowest BCUT2D eigenvalue weighted by atomic mass is 10.0. The molecule has 1 aliphatic carbocycles. The molecule has 2 fully saturated rings. The van der Waals surface area contributed by atoms with Crippen LogP contribution in [0.2, 0.25) is 0 Å². The van der Waals surface area contributed by atoms with E-state index >= 15 is 0 Å². The number of hydrogen-bond acceptors (Lipinski definition) is 4. The number of hydrogen-bond donors (Lipinski definition) is 2. The van der Waals surface area contributed by atoms with Gasteiger partial charge in [0.1, 0.15) is 5.54 Å². The fourth-order valence-electron chi connectivity index (χ4n) is 1.99. The highest BCUT2D eigenvalue weighted by Crippen LogP contribution is 2.23. The van der Waals surface area contributed by atoms with Gasteiger partial charge in [0.15, 0.2) is 0 Å². The first-order valence-corrected chi connectivity index (χ1v) is 6.37. The molecule has 1 unspecified atom stereocenters. The molecular weight excluding hydrogens is 220 g/mol. The van der Waals surface area contributed by atoms with Crippen molar-refractivity contribution in [1.82, 2.24) is 5.32 Å². The van der Waals surface area contributed by atoms with E-state index in [0.717, 1.165) is 38.9 Å². The van der Waals surface area contributed by atoms with Gasteiger partial charge in [-0.05, 0) is 32.6 Å². The van der Waals surface area contributed by atoms with Crippen molar-refractivity contribution in [2.45, 2.75) is 50.3 Å². The van der Waals surface area contributed by atoms with Gasteiger partial charge in [0.25, 0.3) is 0 Å². The van der Waals surface area contributed by atoms with Gasteiger partial charge < -0.3 is 15.2 Å². The minimum absolute atomic E-state index is 0.198. The summed E-state index contributed by atoms with van der Waals surface area (Å²) in [5.74, 6) is -0.337. The first kappa shape index (κ1) is 12.8. The average Bonchev–Trinajstić information content (AvgIpc) is 3.11. The highest BCUT2D eigenvalue weighted by Gasteiger charge is 2.38. The molecule has 1 amide bonds. The number of amides is 1. The van der Waals surface area contributed by atoms with Crippen LogP contribution in [0, 0.1) is 0 Å². The first-order valence-electron chi connectivity index (χ1n) is 6.37. The molecule has 0 aromatic rings. The highest BCUT2D eigenvalue weighted by atomic mass is 16.5. The topological polar surface area (TPSA) is 73.6 Å². The van der Waals surface area contributed by atoms with Crippen LogP contribution in [-0.4, -0.2) is 43.4 Å². The Kier molecular flexibility index (Phi) is 4.01. The first-order chi connectivity index (χ1) is 8.10. The van der Waals surface area contributed by atoms with E-state index in [1.807, 2.05) is 6.92 Å². The van der Waals surface area contributed by atoms with E-state index in [1.165, 1.54) is 0 Å². The van der Waals surface area contributed by atoms with E-state index in [4.69, 9.17) is 15.2 Å². The molecule has 2 aliphatic rings. The zero-order valence-corrected chi connectivity index (χ0v) is 10.4. The summed E-state index contributed by atoms with van der Waals surface area (Å²) in [7, 11) is 0. The molecule has 1 atom stereocenters. The van der Waals surface area contributed by atoms with Crippen molar-refractivity contribution < 1.29 is 14.3 Å². The summed E-state index contributed by atoms with van der Waals surface area (Å²) in [6.45, 7) is 3.67. The maximum atomic E-state index is 11.5. The number of rotatable bonds is 6. The molecule has 17 heavy (non-hydrogen) atoms. The highest BCUT2D eigenvalue weighted by molar-refractivity contribution is 5.84. The van der Waals surface area contributed by atoms with Gasteiger partial charge >= 0.3 is 0 Å². The van der Waals surface area contributed by atoms with Crippen LogP contribution in [0.15, 0.2) is 0 Å². The molecule has 1 aliphatic heterocycles. The van der Waals surface area contributed by atoms with Crippen LogP contribution in [0.25, 0.3) is 0 Å². The lowest BCUT2D eigenvalue weighted by molar-refractivity contribution is -0.128. The third kappa shape index (κ3) is 3.66. The van der Waals surface area contributed by atoms with Crippen molar-refractivity contribution in [3.05, 3.63) is 0 Å². The van der Waals surface area contributed by atoms with Crippen LogP contribution < -0.4 is 11.1 Å². The van der Waals surface area contributed by atoms with Gasteiger partial charge in [0, 0.05) is 19.3 Å². The fourth-order valence-corrected chi connectivity index (χ4v) is 1.99. The Bertz CT molecular complexity index is 275. The van der Waals surface area contributed by atoms with Gasteiger partial charge in [0.2, 0.25) is 5.91 Å². The van der Waals surface area contributed by atoms with Crippen LogP contribution in [0.3, 0.4) is 0 Å². The van der Waals surface area contributed by atoms with E-state index in [0.29, 0.717) is 12.6 Å².